The third kappa shape index (κ3) is 3.23. The average molecular weight is 297 g/mol. The summed E-state index contributed by atoms with van der Waals surface area (Å²) >= 11 is 0. The quantitative estimate of drug-likeness (QED) is 0.640. The molecule has 1 saturated heterocycles. The summed E-state index contributed by atoms with van der Waals surface area (Å²) in [4.78, 5) is 26.5. The van der Waals surface area contributed by atoms with E-state index in [4.69, 9.17) is 4.74 Å². The van der Waals surface area contributed by atoms with Gasteiger partial charge < -0.3 is 9.84 Å². The smallest absolute Gasteiger partial charge is 0.338 e. The topological polar surface area (TPSA) is 66.8 Å². The van der Waals surface area contributed by atoms with E-state index < -0.39 is 23.1 Å². The van der Waals surface area contributed by atoms with E-state index in [1.165, 1.54) is 6.42 Å². The van der Waals surface area contributed by atoms with Crippen molar-refractivity contribution in [3.05, 3.63) is 0 Å². The van der Waals surface area contributed by atoms with Gasteiger partial charge in [0.2, 0.25) is 5.54 Å². The van der Waals surface area contributed by atoms with E-state index in [2.05, 4.69) is 0 Å². The second-order valence-electron chi connectivity index (χ2n) is 7.26. The highest BCUT2D eigenvalue weighted by Crippen LogP contribution is 2.38. The van der Waals surface area contributed by atoms with Crippen LogP contribution in [0.1, 0.15) is 65.7 Å². The number of ether oxygens (including phenoxy) is 1. The Labute approximate surface area is 126 Å². The van der Waals surface area contributed by atoms with Crippen molar-refractivity contribution < 1.29 is 19.4 Å². The van der Waals surface area contributed by atoms with Gasteiger partial charge in [0, 0.05) is 12.6 Å². The number of esters is 1. The largest absolute Gasteiger partial charge is 0.479 e. The molecule has 5 nitrogen and oxygen atoms in total. The number of aliphatic carboxylic acids is 1. The molecule has 0 amide bonds. The lowest BCUT2D eigenvalue weighted by atomic mass is 9.89. The highest BCUT2D eigenvalue weighted by atomic mass is 16.6. The Balaban J connectivity index is 2.26. The van der Waals surface area contributed by atoms with Crippen LogP contribution in [0.5, 0.6) is 0 Å². The number of rotatable bonds is 3. The maximum atomic E-state index is 12.6. The van der Waals surface area contributed by atoms with Gasteiger partial charge in [-0.3, -0.25) is 4.90 Å². The molecule has 0 aromatic rings. The molecule has 0 aromatic heterocycles. The SMILES string of the molecule is CC(C)(C)OC(=O)[C@@]1(C(=O)O)CCCN1C1CCCCC1. The summed E-state index contributed by atoms with van der Waals surface area (Å²) in [5.41, 5.74) is -2.14. The maximum absolute atomic E-state index is 12.6. The molecule has 0 spiro atoms. The average Bonchev–Trinajstić information content (AvgIpc) is 2.83. The van der Waals surface area contributed by atoms with Gasteiger partial charge in [0.1, 0.15) is 5.60 Å². The zero-order chi connectivity index (χ0) is 15.7. The Bertz CT molecular complexity index is 409. The van der Waals surface area contributed by atoms with Crippen LogP contribution in [0, 0.1) is 0 Å². The normalized spacial score (nSPS) is 28.5. The van der Waals surface area contributed by atoms with Gasteiger partial charge in [-0.15, -0.1) is 0 Å². The van der Waals surface area contributed by atoms with Crippen LogP contribution < -0.4 is 0 Å². The molecule has 0 bridgehead atoms. The predicted octanol–water partition coefficient (Wildman–Crippen LogP) is 2.58. The first-order chi connectivity index (χ1) is 9.77. The number of carbonyl (C=O) groups excluding carboxylic acids is 1. The molecule has 21 heavy (non-hydrogen) atoms. The predicted molar refractivity (Wildman–Crippen MR) is 79.0 cm³/mol. The molecule has 1 heterocycles. The molecule has 1 aliphatic heterocycles. The number of hydrogen-bond acceptors (Lipinski definition) is 4. The molecule has 120 valence electrons. The van der Waals surface area contributed by atoms with Crippen molar-refractivity contribution in [2.45, 2.75) is 82.9 Å². The van der Waals surface area contributed by atoms with Crippen molar-refractivity contribution in [3.8, 4) is 0 Å². The highest BCUT2D eigenvalue weighted by molar-refractivity contribution is 6.04. The van der Waals surface area contributed by atoms with Crippen LogP contribution in [0.15, 0.2) is 0 Å². The number of hydrogen-bond donors (Lipinski definition) is 1. The summed E-state index contributed by atoms with van der Waals surface area (Å²) < 4.78 is 5.45. The number of carbonyl (C=O) groups is 2. The van der Waals surface area contributed by atoms with Gasteiger partial charge in [0.25, 0.3) is 0 Å². The summed E-state index contributed by atoms with van der Waals surface area (Å²) in [6.45, 7) is 6.01. The summed E-state index contributed by atoms with van der Waals surface area (Å²) in [7, 11) is 0. The number of nitrogens with zero attached hydrogens (tertiary/aromatic N) is 1. The van der Waals surface area contributed by atoms with Crippen molar-refractivity contribution in [1.29, 1.82) is 0 Å². The van der Waals surface area contributed by atoms with E-state index in [1.807, 2.05) is 4.90 Å². The molecule has 5 heteroatoms. The third-order valence-electron chi connectivity index (χ3n) is 4.53. The van der Waals surface area contributed by atoms with E-state index in [0.717, 1.165) is 32.1 Å². The van der Waals surface area contributed by atoms with Crippen molar-refractivity contribution in [2.75, 3.05) is 6.54 Å². The lowest BCUT2D eigenvalue weighted by molar-refractivity contribution is -0.179. The molecule has 1 aliphatic carbocycles. The van der Waals surface area contributed by atoms with Crippen LogP contribution in [0.2, 0.25) is 0 Å². The van der Waals surface area contributed by atoms with Crippen LogP contribution in [0.4, 0.5) is 0 Å². The van der Waals surface area contributed by atoms with Gasteiger partial charge in [-0.25, -0.2) is 9.59 Å². The molecular weight excluding hydrogens is 270 g/mol. The number of carboxylic acids is 1. The van der Waals surface area contributed by atoms with E-state index in [-0.39, 0.29) is 6.04 Å². The van der Waals surface area contributed by atoms with Crippen LogP contribution in [0.25, 0.3) is 0 Å². The molecule has 1 atom stereocenters. The molecule has 2 fully saturated rings. The Morgan fingerprint density at radius 3 is 2.29 bits per heavy atom. The number of likely N-dealkylation sites (tertiary alicyclic amines) is 1. The summed E-state index contributed by atoms with van der Waals surface area (Å²) in [6.07, 6.45) is 6.50. The van der Waals surface area contributed by atoms with E-state index >= 15 is 0 Å². The number of carboxylic acid groups (broad SMARTS) is 1. The molecule has 1 saturated carbocycles. The van der Waals surface area contributed by atoms with E-state index in [0.29, 0.717) is 13.0 Å². The Morgan fingerprint density at radius 1 is 1.14 bits per heavy atom. The lowest BCUT2D eigenvalue weighted by Crippen LogP contribution is -2.61. The van der Waals surface area contributed by atoms with Crippen LogP contribution in [-0.2, 0) is 14.3 Å². The van der Waals surface area contributed by atoms with Gasteiger partial charge in [0.15, 0.2) is 0 Å². The second-order valence-corrected chi connectivity index (χ2v) is 7.26. The first-order valence-corrected chi connectivity index (χ1v) is 8.01. The fourth-order valence-corrected chi connectivity index (χ4v) is 3.63. The fraction of sp³-hybridized carbons (Fsp3) is 0.875. The van der Waals surface area contributed by atoms with Gasteiger partial charge >= 0.3 is 11.9 Å². The third-order valence-corrected chi connectivity index (χ3v) is 4.53. The molecule has 0 aromatic carbocycles. The zero-order valence-corrected chi connectivity index (χ0v) is 13.4. The molecule has 2 rings (SSSR count). The second kappa shape index (κ2) is 5.95. The van der Waals surface area contributed by atoms with Gasteiger partial charge in [-0.2, -0.15) is 0 Å². The van der Waals surface area contributed by atoms with Crippen LogP contribution in [-0.4, -0.2) is 45.7 Å². The molecule has 0 radical (unpaired) electrons. The lowest BCUT2D eigenvalue weighted by Gasteiger charge is -2.41. The first-order valence-electron chi connectivity index (χ1n) is 8.01. The molecule has 2 aliphatic rings. The Kier molecular flexibility index (Phi) is 4.61. The van der Waals surface area contributed by atoms with Crippen molar-refractivity contribution >= 4 is 11.9 Å². The minimum absolute atomic E-state index is 0.199. The molecule has 0 unspecified atom stereocenters. The maximum Gasteiger partial charge on any atom is 0.338 e. The van der Waals surface area contributed by atoms with Gasteiger partial charge in [0.05, 0.1) is 0 Å². The highest BCUT2D eigenvalue weighted by Gasteiger charge is 2.58. The van der Waals surface area contributed by atoms with Crippen LogP contribution in [0.3, 0.4) is 0 Å². The zero-order valence-electron chi connectivity index (χ0n) is 13.4. The minimum Gasteiger partial charge on any atom is -0.479 e. The van der Waals surface area contributed by atoms with Crippen molar-refractivity contribution in [3.63, 3.8) is 0 Å². The van der Waals surface area contributed by atoms with Gasteiger partial charge in [-0.1, -0.05) is 19.3 Å². The van der Waals surface area contributed by atoms with Crippen molar-refractivity contribution in [2.24, 2.45) is 0 Å². The van der Waals surface area contributed by atoms with Gasteiger partial charge in [-0.05, 0) is 46.5 Å². The van der Waals surface area contributed by atoms with E-state index in [1.54, 1.807) is 20.8 Å². The Morgan fingerprint density at radius 2 is 1.76 bits per heavy atom. The summed E-state index contributed by atoms with van der Waals surface area (Å²) in [5.74, 6) is -1.65. The van der Waals surface area contributed by atoms with E-state index in [9.17, 15) is 14.7 Å². The fourth-order valence-electron chi connectivity index (χ4n) is 3.63. The molecule has 1 N–H and O–H groups in total. The Hall–Kier alpha value is -1.10. The standard InChI is InChI=1S/C16H27NO4/c1-15(2,3)21-14(20)16(13(18)19)10-7-11-17(16)12-8-5-4-6-9-12/h12H,4-11H2,1-3H3,(H,18,19)/t16-/m0/s1. The summed E-state index contributed by atoms with van der Waals surface area (Å²) in [6, 6.07) is 0.199. The monoisotopic (exact) mass is 297 g/mol. The van der Waals surface area contributed by atoms with Crippen LogP contribution >= 0.6 is 0 Å². The molecular formula is C16H27NO4. The minimum atomic E-state index is -1.48. The summed E-state index contributed by atoms with van der Waals surface area (Å²) in [5, 5.41) is 9.79. The first kappa shape index (κ1) is 16.3. The van der Waals surface area contributed by atoms with Crippen molar-refractivity contribution in [1.82, 2.24) is 4.90 Å².